The number of benzene rings is 2. The molecule has 0 radical (unpaired) electrons. The molecule has 0 aliphatic rings. The minimum absolute atomic E-state index is 0.237. The van der Waals surface area contributed by atoms with Gasteiger partial charge in [0, 0.05) is 16.1 Å². The molecule has 2 aromatic carbocycles. The van der Waals surface area contributed by atoms with Crippen molar-refractivity contribution in [2.45, 2.75) is 24.8 Å². The first kappa shape index (κ1) is 23.3. The number of thioether (sulfide) groups is 1. The average Bonchev–Trinajstić information content (AvgIpc) is 3.61. The number of carbonyl (C=O) groups excluding carboxylic acids is 1. The molecule has 5 aromatic rings. The second-order valence-electron chi connectivity index (χ2n) is 7.79. The Hall–Kier alpha value is -3.40. The Balaban J connectivity index is 1.37. The summed E-state index contributed by atoms with van der Waals surface area (Å²) in [6.07, 6.45) is 1.60. The third-order valence-corrected chi connectivity index (χ3v) is 7.41. The molecular weight excluding hydrogens is 502 g/mol. The summed E-state index contributed by atoms with van der Waals surface area (Å²) in [4.78, 5) is 17.1. The van der Waals surface area contributed by atoms with Crippen molar-refractivity contribution in [3.8, 4) is 17.3 Å². The number of halogens is 1. The standard InChI is InChI=1S/C25H20ClN5O2S2/c1-15-5-9-18(10-6-15)27-24(32)19-13-34-22(28-19)14-35-25-30-29-23(21-4-3-11-33-21)31(25)20-12-17(26)8-7-16(20)2/h3-13H,14H2,1-2H3,(H,27,32). The predicted molar refractivity (Wildman–Crippen MR) is 140 cm³/mol. The topological polar surface area (TPSA) is 85.8 Å². The zero-order valence-corrected chi connectivity index (χ0v) is 21.2. The van der Waals surface area contributed by atoms with E-state index in [0.717, 1.165) is 27.5 Å². The number of thiazole rings is 1. The lowest BCUT2D eigenvalue weighted by molar-refractivity contribution is 0.102. The lowest BCUT2D eigenvalue weighted by atomic mass is 10.2. The Morgan fingerprint density at radius 3 is 2.74 bits per heavy atom. The summed E-state index contributed by atoms with van der Waals surface area (Å²) < 4.78 is 7.53. The summed E-state index contributed by atoms with van der Waals surface area (Å²) in [6.45, 7) is 4.01. The fourth-order valence-electron chi connectivity index (χ4n) is 3.41. The third kappa shape index (κ3) is 5.17. The zero-order chi connectivity index (χ0) is 24.4. The van der Waals surface area contributed by atoms with Gasteiger partial charge in [-0.25, -0.2) is 4.98 Å². The molecule has 0 bridgehead atoms. The van der Waals surface area contributed by atoms with Crippen molar-refractivity contribution in [1.82, 2.24) is 19.7 Å². The van der Waals surface area contributed by atoms with Crippen LogP contribution in [0.3, 0.4) is 0 Å². The number of aromatic nitrogens is 4. The molecule has 10 heteroatoms. The highest BCUT2D eigenvalue weighted by Gasteiger charge is 2.20. The maximum Gasteiger partial charge on any atom is 0.275 e. The molecule has 0 spiro atoms. The van der Waals surface area contributed by atoms with Gasteiger partial charge in [-0.2, -0.15) is 0 Å². The smallest absolute Gasteiger partial charge is 0.275 e. The monoisotopic (exact) mass is 521 g/mol. The highest BCUT2D eigenvalue weighted by Crippen LogP contribution is 2.32. The van der Waals surface area contributed by atoms with Crippen molar-refractivity contribution in [2.75, 3.05) is 5.32 Å². The first-order valence-corrected chi connectivity index (χ1v) is 12.9. The minimum atomic E-state index is -0.237. The molecule has 1 amide bonds. The fraction of sp³-hybridized carbons (Fsp3) is 0.120. The molecule has 3 aromatic heterocycles. The molecule has 7 nitrogen and oxygen atoms in total. The fourth-order valence-corrected chi connectivity index (χ4v) is 5.31. The van der Waals surface area contributed by atoms with Gasteiger partial charge in [-0.05, 0) is 55.8 Å². The molecule has 0 fully saturated rings. The van der Waals surface area contributed by atoms with Gasteiger partial charge in [0.2, 0.25) is 5.82 Å². The summed E-state index contributed by atoms with van der Waals surface area (Å²) in [7, 11) is 0. The molecule has 0 atom stereocenters. The molecule has 0 saturated carbocycles. The van der Waals surface area contributed by atoms with E-state index in [0.29, 0.717) is 33.2 Å². The summed E-state index contributed by atoms with van der Waals surface area (Å²) in [5, 5.41) is 15.5. The van der Waals surface area contributed by atoms with E-state index < -0.39 is 0 Å². The van der Waals surface area contributed by atoms with Crippen LogP contribution in [0.4, 0.5) is 5.69 Å². The van der Waals surface area contributed by atoms with Crippen LogP contribution in [0.15, 0.2) is 75.8 Å². The number of carbonyl (C=O) groups is 1. The van der Waals surface area contributed by atoms with Crippen LogP contribution in [0, 0.1) is 13.8 Å². The highest BCUT2D eigenvalue weighted by atomic mass is 35.5. The van der Waals surface area contributed by atoms with Gasteiger partial charge >= 0.3 is 0 Å². The molecule has 3 heterocycles. The second kappa shape index (κ2) is 10.1. The average molecular weight is 522 g/mol. The molecule has 0 saturated heterocycles. The first-order valence-electron chi connectivity index (χ1n) is 10.7. The van der Waals surface area contributed by atoms with E-state index in [1.807, 2.05) is 73.0 Å². The Labute approximate surface area is 215 Å². The van der Waals surface area contributed by atoms with Gasteiger partial charge in [-0.3, -0.25) is 9.36 Å². The maximum absolute atomic E-state index is 12.6. The van der Waals surface area contributed by atoms with Crippen LogP contribution >= 0.6 is 34.7 Å². The van der Waals surface area contributed by atoms with Gasteiger partial charge in [-0.1, -0.05) is 47.1 Å². The largest absolute Gasteiger partial charge is 0.461 e. The highest BCUT2D eigenvalue weighted by molar-refractivity contribution is 7.98. The third-order valence-electron chi connectivity index (χ3n) is 5.21. The van der Waals surface area contributed by atoms with E-state index >= 15 is 0 Å². The van der Waals surface area contributed by atoms with E-state index in [1.54, 1.807) is 11.6 Å². The summed E-state index contributed by atoms with van der Waals surface area (Å²) >= 11 is 9.21. The first-order chi connectivity index (χ1) is 17.0. The van der Waals surface area contributed by atoms with Crippen LogP contribution in [0.5, 0.6) is 0 Å². The van der Waals surface area contributed by atoms with Gasteiger partial charge in [0.1, 0.15) is 10.7 Å². The normalized spacial score (nSPS) is 11.1. The Bertz CT molecular complexity index is 1480. The molecule has 0 aliphatic heterocycles. The van der Waals surface area contributed by atoms with E-state index in [2.05, 4.69) is 20.5 Å². The number of nitrogens with zero attached hydrogens (tertiary/aromatic N) is 4. The number of hydrogen-bond acceptors (Lipinski definition) is 7. The van der Waals surface area contributed by atoms with Gasteiger partial charge in [-0.15, -0.1) is 21.5 Å². The van der Waals surface area contributed by atoms with Crippen molar-refractivity contribution in [3.05, 3.63) is 93.1 Å². The lowest BCUT2D eigenvalue weighted by Gasteiger charge is -2.12. The summed E-state index contributed by atoms with van der Waals surface area (Å²) in [5.41, 5.74) is 4.14. The number of furan rings is 1. The van der Waals surface area contributed by atoms with Crippen molar-refractivity contribution in [3.63, 3.8) is 0 Å². The van der Waals surface area contributed by atoms with Crippen molar-refractivity contribution < 1.29 is 9.21 Å². The zero-order valence-electron chi connectivity index (χ0n) is 18.9. The van der Waals surface area contributed by atoms with Crippen LogP contribution < -0.4 is 5.32 Å². The maximum atomic E-state index is 12.6. The van der Waals surface area contributed by atoms with Crippen LogP contribution in [-0.2, 0) is 5.75 Å². The van der Waals surface area contributed by atoms with Crippen LogP contribution in [0.1, 0.15) is 26.6 Å². The van der Waals surface area contributed by atoms with Gasteiger partial charge in [0.05, 0.1) is 17.7 Å². The molecule has 35 heavy (non-hydrogen) atoms. The van der Waals surface area contributed by atoms with E-state index in [-0.39, 0.29) is 5.91 Å². The van der Waals surface area contributed by atoms with E-state index in [1.165, 1.54) is 23.1 Å². The summed E-state index contributed by atoms with van der Waals surface area (Å²) in [5.74, 6) is 1.48. The molecule has 0 aliphatic carbocycles. The number of nitrogens with one attached hydrogen (secondary N) is 1. The molecule has 1 N–H and O–H groups in total. The van der Waals surface area contributed by atoms with E-state index in [4.69, 9.17) is 16.0 Å². The van der Waals surface area contributed by atoms with Gasteiger partial charge in [0.15, 0.2) is 10.9 Å². The van der Waals surface area contributed by atoms with Gasteiger partial charge < -0.3 is 9.73 Å². The van der Waals surface area contributed by atoms with Crippen LogP contribution in [0.25, 0.3) is 17.3 Å². The van der Waals surface area contributed by atoms with Gasteiger partial charge in [0.25, 0.3) is 5.91 Å². The molecular formula is C25H20ClN5O2S2. The Morgan fingerprint density at radius 1 is 1.14 bits per heavy atom. The Morgan fingerprint density at radius 2 is 1.97 bits per heavy atom. The molecule has 176 valence electrons. The number of hydrogen-bond donors (Lipinski definition) is 1. The van der Waals surface area contributed by atoms with E-state index in [9.17, 15) is 4.79 Å². The number of rotatable bonds is 7. The van der Waals surface area contributed by atoms with Crippen molar-refractivity contribution in [2.24, 2.45) is 0 Å². The lowest BCUT2D eigenvalue weighted by Crippen LogP contribution is -2.12. The molecule has 0 unspecified atom stereocenters. The van der Waals surface area contributed by atoms with Crippen molar-refractivity contribution in [1.29, 1.82) is 0 Å². The predicted octanol–water partition coefficient (Wildman–Crippen LogP) is 6.80. The summed E-state index contributed by atoms with van der Waals surface area (Å²) in [6, 6.07) is 17.0. The second-order valence-corrected chi connectivity index (χ2v) is 10.1. The van der Waals surface area contributed by atoms with Crippen LogP contribution in [-0.4, -0.2) is 25.7 Å². The Kier molecular flexibility index (Phi) is 6.72. The quantitative estimate of drug-likeness (QED) is 0.237. The van der Waals surface area contributed by atoms with Crippen molar-refractivity contribution >= 4 is 46.3 Å². The number of anilines is 1. The number of aryl methyl sites for hydroxylation is 2. The van der Waals surface area contributed by atoms with Crippen LogP contribution in [0.2, 0.25) is 5.02 Å². The minimum Gasteiger partial charge on any atom is -0.461 e. The SMILES string of the molecule is Cc1ccc(NC(=O)c2csc(CSc3nnc(-c4ccco4)n3-c3cc(Cl)ccc3C)n2)cc1. The number of amides is 1. The molecule has 5 rings (SSSR count).